The lowest BCUT2D eigenvalue weighted by molar-refractivity contribution is 0.123. The van der Waals surface area contributed by atoms with Gasteiger partial charge in [0, 0.05) is 25.4 Å². The van der Waals surface area contributed by atoms with E-state index in [-0.39, 0.29) is 0 Å². The fraction of sp³-hybridized carbons (Fsp3) is 0.667. The Bertz CT molecular complexity index is 411. The SMILES string of the molecule is CCC1(CNCc2nccc(OC)c2OC)CCC1. The average Bonchev–Trinajstić information content (AvgIpc) is 2.41. The monoisotopic (exact) mass is 264 g/mol. The van der Waals surface area contributed by atoms with Crippen LogP contribution in [0.4, 0.5) is 0 Å². The highest BCUT2D eigenvalue weighted by atomic mass is 16.5. The summed E-state index contributed by atoms with van der Waals surface area (Å²) in [7, 11) is 3.30. The highest BCUT2D eigenvalue weighted by Crippen LogP contribution is 2.43. The Morgan fingerprint density at radius 1 is 1.32 bits per heavy atom. The number of pyridine rings is 1. The Hall–Kier alpha value is -1.29. The molecule has 0 atom stereocenters. The number of aromatic nitrogens is 1. The summed E-state index contributed by atoms with van der Waals surface area (Å²) in [4.78, 5) is 4.38. The van der Waals surface area contributed by atoms with Gasteiger partial charge in [-0.15, -0.1) is 0 Å². The predicted octanol–water partition coefficient (Wildman–Crippen LogP) is 2.77. The minimum atomic E-state index is 0.520. The van der Waals surface area contributed by atoms with E-state index < -0.39 is 0 Å². The van der Waals surface area contributed by atoms with Crippen LogP contribution in [0.15, 0.2) is 12.3 Å². The summed E-state index contributed by atoms with van der Waals surface area (Å²) in [5, 5.41) is 3.52. The van der Waals surface area contributed by atoms with Crippen LogP contribution in [0.5, 0.6) is 11.5 Å². The molecule has 4 nitrogen and oxygen atoms in total. The van der Waals surface area contributed by atoms with Crippen molar-refractivity contribution in [3.05, 3.63) is 18.0 Å². The minimum Gasteiger partial charge on any atom is -0.493 e. The first kappa shape index (κ1) is 14.1. The van der Waals surface area contributed by atoms with Crippen molar-refractivity contribution in [2.75, 3.05) is 20.8 Å². The van der Waals surface area contributed by atoms with Crippen molar-refractivity contribution in [3.63, 3.8) is 0 Å². The number of hydrogen-bond donors (Lipinski definition) is 1. The van der Waals surface area contributed by atoms with Crippen LogP contribution in [-0.2, 0) is 6.54 Å². The number of rotatable bonds is 7. The van der Waals surface area contributed by atoms with Crippen molar-refractivity contribution >= 4 is 0 Å². The van der Waals surface area contributed by atoms with Gasteiger partial charge in [0.25, 0.3) is 0 Å². The van der Waals surface area contributed by atoms with E-state index in [0.29, 0.717) is 5.41 Å². The van der Waals surface area contributed by atoms with Crippen LogP contribution >= 0.6 is 0 Å². The summed E-state index contributed by atoms with van der Waals surface area (Å²) >= 11 is 0. The van der Waals surface area contributed by atoms with E-state index in [1.54, 1.807) is 20.4 Å². The molecule has 0 aromatic carbocycles. The highest BCUT2D eigenvalue weighted by molar-refractivity contribution is 5.42. The maximum atomic E-state index is 5.39. The molecule has 0 bridgehead atoms. The van der Waals surface area contributed by atoms with Crippen LogP contribution in [0.25, 0.3) is 0 Å². The molecule has 106 valence electrons. The van der Waals surface area contributed by atoms with Crippen LogP contribution in [0, 0.1) is 5.41 Å². The third-order valence-electron chi connectivity index (χ3n) is 4.32. The van der Waals surface area contributed by atoms with Crippen molar-refractivity contribution in [1.82, 2.24) is 10.3 Å². The number of nitrogens with zero attached hydrogens (tertiary/aromatic N) is 1. The van der Waals surface area contributed by atoms with Crippen LogP contribution in [0.2, 0.25) is 0 Å². The average molecular weight is 264 g/mol. The van der Waals surface area contributed by atoms with Gasteiger partial charge < -0.3 is 14.8 Å². The molecule has 1 aliphatic rings. The van der Waals surface area contributed by atoms with E-state index in [1.165, 1.54) is 25.7 Å². The van der Waals surface area contributed by atoms with Gasteiger partial charge in [-0.25, -0.2) is 0 Å². The largest absolute Gasteiger partial charge is 0.493 e. The second kappa shape index (κ2) is 6.24. The van der Waals surface area contributed by atoms with E-state index in [9.17, 15) is 0 Å². The highest BCUT2D eigenvalue weighted by Gasteiger charge is 2.34. The zero-order valence-electron chi connectivity index (χ0n) is 12.2. The second-order valence-corrected chi connectivity index (χ2v) is 5.30. The molecule has 19 heavy (non-hydrogen) atoms. The lowest BCUT2D eigenvalue weighted by Crippen LogP contribution is -2.39. The van der Waals surface area contributed by atoms with Gasteiger partial charge >= 0.3 is 0 Å². The van der Waals surface area contributed by atoms with Crippen molar-refractivity contribution < 1.29 is 9.47 Å². The summed E-state index contributed by atoms with van der Waals surface area (Å²) in [5.74, 6) is 1.47. The molecule has 2 rings (SSSR count). The molecule has 1 N–H and O–H groups in total. The van der Waals surface area contributed by atoms with Gasteiger partial charge in [0.15, 0.2) is 11.5 Å². The summed E-state index contributed by atoms with van der Waals surface area (Å²) in [6.07, 6.45) is 7.08. The molecular weight excluding hydrogens is 240 g/mol. The maximum absolute atomic E-state index is 5.39. The van der Waals surface area contributed by atoms with E-state index in [4.69, 9.17) is 9.47 Å². The van der Waals surface area contributed by atoms with E-state index in [1.807, 2.05) is 6.07 Å². The van der Waals surface area contributed by atoms with Crippen molar-refractivity contribution in [1.29, 1.82) is 0 Å². The molecule has 0 spiro atoms. The molecule has 0 amide bonds. The predicted molar refractivity (Wildman–Crippen MR) is 75.6 cm³/mol. The summed E-state index contributed by atoms with van der Waals surface area (Å²) < 4.78 is 10.7. The molecule has 0 radical (unpaired) electrons. The Morgan fingerprint density at radius 3 is 2.63 bits per heavy atom. The first-order chi connectivity index (χ1) is 9.24. The standard InChI is InChI=1S/C15H24N2O2/c1-4-15(7-5-8-15)11-16-10-12-14(19-3)13(18-2)6-9-17-12/h6,9,16H,4-5,7-8,10-11H2,1-3H3. The minimum absolute atomic E-state index is 0.520. The van der Waals surface area contributed by atoms with Gasteiger partial charge in [-0.1, -0.05) is 13.3 Å². The molecule has 1 aliphatic carbocycles. The van der Waals surface area contributed by atoms with Crippen molar-refractivity contribution in [3.8, 4) is 11.5 Å². The number of nitrogens with one attached hydrogen (secondary N) is 1. The van der Waals surface area contributed by atoms with Crippen LogP contribution in [0.3, 0.4) is 0 Å². The van der Waals surface area contributed by atoms with Gasteiger partial charge in [0.2, 0.25) is 0 Å². The Morgan fingerprint density at radius 2 is 2.11 bits per heavy atom. The zero-order valence-corrected chi connectivity index (χ0v) is 12.2. The molecule has 1 heterocycles. The summed E-state index contributed by atoms with van der Waals surface area (Å²) in [6.45, 7) is 4.07. The van der Waals surface area contributed by atoms with Gasteiger partial charge in [-0.05, 0) is 24.7 Å². The lowest BCUT2D eigenvalue weighted by Gasteiger charge is -2.41. The Balaban J connectivity index is 1.95. The fourth-order valence-electron chi connectivity index (χ4n) is 2.75. The van der Waals surface area contributed by atoms with Gasteiger partial charge in [0.05, 0.1) is 19.9 Å². The maximum Gasteiger partial charge on any atom is 0.183 e. The molecule has 1 aromatic rings. The molecule has 0 aliphatic heterocycles. The third-order valence-corrected chi connectivity index (χ3v) is 4.32. The van der Waals surface area contributed by atoms with Crippen molar-refractivity contribution in [2.24, 2.45) is 5.41 Å². The van der Waals surface area contributed by atoms with Crippen LogP contribution < -0.4 is 14.8 Å². The normalized spacial score (nSPS) is 16.8. The summed E-state index contributed by atoms with van der Waals surface area (Å²) in [5.41, 5.74) is 1.43. The molecule has 0 saturated heterocycles. The quantitative estimate of drug-likeness (QED) is 0.822. The van der Waals surface area contributed by atoms with E-state index in [2.05, 4.69) is 17.2 Å². The smallest absolute Gasteiger partial charge is 0.183 e. The lowest BCUT2D eigenvalue weighted by atomic mass is 9.67. The van der Waals surface area contributed by atoms with Crippen LogP contribution in [0.1, 0.15) is 38.3 Å². The summed E-state index contributed by atoms with van der Waals surface area (Å²) in [6, 6.07) is 1.82. The first-order valence-corrected chi connectivity index (χ1v) is 7.01. The molecule has 4 heteroatoms. The zero-order chi connectivity index (χ0) is 13.7. The van der Waals surface area contributed by atoms with Gasteiger partial charge in [0.1, 0.15) is 0 Å². The molecule has 1 fully saturated rings. The molecule has 0 unspecified atom stereocenters. The van der Waals surface area contributed by atoms with Gasteiger partial charge in [-0.2, -0.15) is 0 Å². The van der Waals surface area contributed by atoms with Gasteiger partial charge in [-0.3, -0.25) is 4.98 Å². The fourth-order valence-corrected chi connectivity index (χ4v) is 2.75. The third kappa shape index (κ3) is 3.00. The molecule has 1 aromatic heterocycles. The topological polar surface area (TPSA) is 43.4 Å². The Labute approximate surface area is 115 Å². The first-order valence-electron chi connectivity index (χ1n) is 7.01. The Kier molecular flexibility index (Phi) is 4.64. The molecule has 1 saturated carbocycles. The number of hydrogen-bond acceptors (Lipinski definition) is 4. The second-order valence-electron chi connectivity index (χ2n) is 5.30. The van der Waals surface area contributed by atoms with Crippen LogP contribution in [-0.4, -0.2) is 25.7 Å². The number of ether oxygens (including phenoxy) is 2. The van der Waals surface area contributed by atoms with E-state index >= 15 is 0 Å². The number of methoxy groups -OCH3 is 2. The van der Waals surface area contributed by atoms with Crippen molar-refractivity contribution in [2.45, 2.75) is 39.2 Å². The molecular formula is C15H24N2O2. The van der Waals surface area contributed by atoms with E-state index in [0.717, 1.165) is 30.3 Å².